The molecule has 216 valence electrons. The van der Waals surface area contributed by atoms with Crippen LogP contribution in [0.25, 0.3) is 0 Å². The molecule has 7 nitrogen and oxygen atoms in total. The first-order valence-corrected chi connectivity index (χ1v) is 13.9. The Morgan fingerprint density at radius 1 is 0.293 bits per heavy atom. The third-order valence-electron chi connectivity index (χ3n) is 5.89. The summed E-state index contributed by atoms with van der Waals surface area (Å²) in [5.41, 5.74) is 2.21. The molecule has 4 rings (SSSR count). The van der Waals surface area contributed by atoms with Crippen LogP contribution in [0.5, 0.6) is 23.0 Å². The molecule has 0 saturated carbocycles. The Balaban J connectivity index is 0.984. The van der Waals surface area contributed by atoms with Crippen molar-refractivity contribution in [2.75, 3.05) is 52.9 Å². The van der Waals surface area contributed by atoms with Crippen molar-refractivity contribution in [3.8, 4) is 23.0 Å². The maximum atomic E-state index is 5.92. The molecule has 0 aliphatic carbocycles. The second kappa shape index (κ2) is 18.3. The van der Waals surface area contributed by atoms with Crippen LogP contribution in [0, 0.1) is 0 Å². The lowest BCUT2D eigenvalue weighted by Gasteiger charge is -2.13. The predicted octanol–water partition coefficient (Wildman–Crippen LogP) is 6.35. The van der Waals surface area contributed by atoms with E-state index in [0.29, 0.717) is 89.1 Å². The van der Waals surface area contributed by atoms with Crippen LogP contribution < -0.4 is 18.9 Å². The molecular weight excluding hydrogens is 520 g/mol. The molecule has 0 amide bonds. The van der Waals surface area contributed by atoms with Crippen molar-refractivity contribution >= 4 is 0 Å². The van der Waals surface area contributed by atoms with Crippen LogP contribution in [0.4, 0.5) is 0 Å². The third-order valence-corrected chi connectivity index (χ3v) is 5.89. The summed E-state index contributed by atoms with van der Waals surface area (Å²) in [5.74, 6) is 2.83. The average Bonchev–Trinajstić information content (AvgIpc) is 3.03. The van der Waals surface area contributed by atoms with Crippen LogP contribution >= 0.6 is 0 Å². The molecule has 0 saturated heterocycles. The van der Waals surface area contributed by atoms with E-state index < -0.39 is 0 Å². The molecule has 4 aromatic rings. The van der Waals surface area contributed by atoms with Gasteiger partial charge < -0.3 is 33.2 Å². The average molecular weight is 559 g/mol. The van der Waals surface area contributed by atoms with Crippen molar-refractivity contribution in [1.82, 2.24) is 0 Å². The highest BCUT2D eigenvalue weighted by atomic mass is 16.6. The first-order valence-electron chi connectivity index (χ1n) is 13.9. The van der Waals surface area contributed by atoms with E-state index in [0.717, 1.165) is 11.1 Å². The van der Waals surface area contributed by atoms with Crippen LogP contribution in [-0.4, -0.2) is 52.9 Å². The quantitative estimate of drug-likeness (QED) is 0.117. The van der Waals surface area contributed by atoms with Crippen LogP contribution in [0.1, 0.15) is 11.1 Å². The smallest absolute Gasteiger partial charge is 0.161 e. The maximum absolute atomic E-state index is 5.92. The van der Waals surface area contributed by atoms with Crippen molar-refractivity contribution in [2.24, 2.45) is 0 Å². The van der Waals surface area contributed by atoms with Crippen LogP contribution in [0.15, 0.2) is 109 Å². The van der Waals surface area contributed by atoms with Gasteiger partial charge in [0.1, 0.15) is 26.4 Å². The summed E-state index contributed by atoms with van der Waals surface area (Å²) in [7, 11) is 0. The van der Waals surface area contributed by atoms with E-state index in [4.69, 9.17) is 33.2 Å². The molecule has 0 N–H and O–H groups in total. The van der Waals surface area contributed by atoms with Crippen molar-refractivity contribution < 1.29 is 33.2 Å². The van der Waals surface area contributed by atoms with Crippen LogP contribution in [0.2, 0.25) is 0 Å². The van der Waals surface area contributed by atoms with Gasteiger partial charge in [0.2, 0.25) is 0 Å². The van der Waals surface area contributed by atoms with Gasteiger partial charge in [-0.2, -0.15) is 0 Å². The predicted molar refractivity (Wildman–Crippen MR) is 158 cm³/mol. The van der Waals surface area contributed by atoms with E-state index in [2.05, 4.69) is 0 Å². The Morgan fingerprint density at radius 3 is 0.951 bits per heavy atom. The van der Waals surface area contributed by atoms with Crippen LogP contribution in [-0.2, 0) is 27.4 Å². The molecular formula is C34H38O7. The third kappa shape index (κ3) is 11.5. The Kier molecular flexibility index (Phi) is 13.4. The van der Waals surface area contributed by atoms with E-state index in [1.165, 1.54) is 0 Å². The summed E-state index contributed by atoms with van der Waals surface area (Å²) in [6.07, 6.45) is 0. The zero-order chi connectivity index (χ0) is 28.2. The molecule has 0 aliphatic rings. The minimum absolute atomic E-state index is 0.426. The summed E-state index contributed by atoms with van der Waals surface area (Å²) in [5, 5.41) is 0. The summed E-state index contributed by atoms with van der Waals surface area (Å²) in [6.45, 7) is 4.70. The van der Waals surface area contributed by atoms with Gasteiger partial charge in [-0.05, 0) is 35.4 Å². The number of benzene rings is 4. The highest BCUT2D eigenvalue weighted by Crippen LogP contribution is 2.28. The fraction of sp³-hybridized carbons (Fsp3) is 0.294. The first-order chi connectivity index (χ1) is 20.4. The Morgan fingerprint density at radius 2 is 0.585 bits per heavy atom. The molecule has 0 unspecified atom stereocenters. The summed E-state index contributed by atoms with van der Waals surface area (Å²) >= 11 is 0. The van der Waals surface area contributed by atoms with Crippen molar-refractivity contribution in [2.45, 2.75) is 13.2 Å². The van der Waals surface area contributed by atoms with Gasteiger partial charge in [0.25, 0.3) is 0 Å². The lowest BCUT2D eigenvalue weighted by molar-refractivity contribution is 0.00472. The molecule has 0 spiro atoms. The van der Waals surface area contributed by atoms with E-state index in [1.807, 2.05) is 109 Å². The van der Waals surface area contributed by atoms with E-state index in [1.54, 1.807) is 0 Å². The second-order valence-corrected chi connectivity index (χ2v) is 8.98. The molecule has 0 heterocycles. The van der Waals surface area contributed by atoms with Gasteiger partial charge in [-0.25, -0.2) is 0 Å². The minimum Gasteiger partial charge on any atom is -0.487 e. The molecule has 0 bridgehead atoms. The van der Waals surface area contributed by atoms with Gasteiger partial charge in [-0.1, -0.05) is 84.9 Å². The largest absolute Gasteiger partial charge is 0.487 e. The Labute approximate surface area is 242 Å². The molecule has 0 fully saturated rings. The normalized spacial score (nSPS) is 10.7. The molecule has 0 aliphatic heterocycles. The molecule has 0 atom stereocenters. The summed E-state index contributed by atoms with van der Waals surface area (Å²) < 4.78 is 40.4. The summed E-state index contributed by atoms with van der Waals surface area (Å²) in [6, 6.07) is 35.4. The fourth-order valence-corrected chi connectivity index (χ4v) is 3.81. The Bertz CT molecular complexity index is 1140. The van der Waals surface area contributed by atoms with Gasteiger partial charge in [-0.3, -0.25) is 0 Å². The fourth-order valence-electron chi connectivity index (χ4n) is 3.81. The number of para-hydroxylation sites is 4. The van der Waals surface area contributed by atoms with Crippen molar-refractivity contribution in [1.29, 1.82) is 0 Å². The first kappa shape index (κ1) is 29.9. The van der Waals surface area contributed by atoms with E-state index in [-0.39, 0.29) is 0 Å². The zero-order valence-corrected chi connectivity index (χ0v) is 23.3. The highest BCUT2D eigenvalue weighted by molar-refractivity contribution is 5.40. The zero-order valence-electron chi connectivity index (χ0n) is 23.3. The number of ether oxygens (including phenoxy) is 7. The van der Waals surface area contributed by atoms with Gasteiger partial charge in [-0.15, -0.1) is 0 Å². The number of hydrogen-bond acceptors (Lipinski definition) is 7. The summed E-state index contributed by atoms with van der Waals surface area (Å²) in [4.78, 5) is 0. The van der Waals surface area contributed by atoms with Crippen LogP contribution in [0.3, 0.4) is 0 Å². The lowest BCUT2D eigenvalue weighted by Crippen LogP contribution is -2.14. The molecule has 7 heteroatoms. The minimum atomic E-state index is 0.426. The molecule has 0 aromatic heterocycles. The van der Waals surface area contributed by atoms with Crippen molar-refractivity contribution in [3.05, 3.63) is 120 Å². The highest BCUT2D eigenvalue weighted by Gasteiger charge is 2.06. The number of hydrogen-bond donors (Lipinski definition) is 0. The molecule has 0 radical (unpaired) electrons. The molecule has 41 heavy (non-hydrogen) atoms. The Hall–Kier alpha value is -4.04. The maximum Gasteiger partial charge on any atom is 0.161 e. The van der Waals surface area contributed by atoms with Gasteiger partial charge in [0, 0.05) is 0 Å². The topological polar surface area (TPSA) is 64.6 Å². The van der Waals surface area contributed by atoms with E-state index in [9.17, 15) is 0 Å². The van der Waals surface area contributed by atoms with Gasteiger partial charge >= 0.3 is 0 Å². The monoisotopic (exact) mass is 558 g/mol. The second-order valence-electron chi connectivity index (χ2n) is 8.98. The van der Waals surface area contributed by atoms with Gasteiger partial charge in [0.15, 0.2) is 23.0 Å². The number of rotatable bonds is 20. The lowest BCUT2D eigenvalue weighted by atomic mass is 10.2. The van der Waals surface area contributed by atoms with Gasteiger partial charge in [0.05, 0.1) is 39.6 Å². The van der Waals surface area contributed by atoms with Crippen molar-refractivity contribution in [3.63, 3.8) is 0 Å². The van der Waals surface area contributed by atoms with E-state index >= 15 is 0 Å². The SMILES string of the molecule is c1ccc(COc2ccccc2OCCOCCOCCOCCOc2ccccc2OCc2ccccc2)cc1. The molecule has 4 aromatic carbocycles. The standard InChI is InChI=1S/C34H38O7/c1-3-11-29(12-4-1)27-40-33-17-9-7-15-31(33)38-25-23-36-21-19-35-20-22-37-24-26-39-32-16-8-10-18-34(32)41-28-30-13-5-2-6-14-30/h1-18H,19-28H2.